The van der Waals surface area contributed by atoms with E-state index in [1.807, 2.05) is 0 Å². The minimum absolute atomic E-state index is 0.217. The van der Waals surface area contributed by atoms with Gasteiger partial charge in [-0.15, -0.1) is 0 Å². The molecule has 1 fully saturated rings. The first kappa shape index (κ1) is 14.1. The molecule has 1 aromatic heterocycles. The Hall–Kier alpha value is -1.27. The summed E-state index contributed by atoms with van der Waals surface area (Å²) in [5.41, 5.74) is 5.64. The second-order valence-corrected chi connectivity index (χ2v) is 6.54. The average molecular weight is 280 g/mol. The Balaban J connectivity index is 2.23. The Morgan fingerprint density at radius 1 is 1.21 bits per heavy atom. The number of thiocarbonyl (C=S) groups is 1. The van der Waals surface area contributed by atoms with Crippen LogP contribution in [0.5, 0.6) is 0 Å². The van der Waals surface area contributed by atoms with Crippen molar-refractivity contribution in [3.63, 3.8) is 0 Å². The van der Waals surface area contributed by atoms with Crippen LogP contribution in [-0.2, 0) is 4.74 Å². The van der Waals surface area contributed by atoms with E-state index < -0.39 is 0 Å². The Labute approximate surface area is 119 Å². The van der Waals surface area contributed by atoms with E-state index >= 15 is 0 Å². The predicted molar refractivity (Wildman–Crippen MR) is 79.4 cm³/mol. The van der Waals surface area contributed by atoms with Crippen LogP contribution in [0.2, 0.25) is 0 Å². The molecule has 19 heavy (non-hydrogen) atoms. The molecule has 0 bridgehead atoms. The SMILES string of the molecule is CC1(C)CN(c2cnc(C(N)=S)cn2)CC(C)(C)O1. The van der Waals surface area contributed by atoms with Crippen molar-refractivity contribution in [1.29, 1.82) is 0 Å². The first-order valence-electron chi connectivity index (χ1n) is 6.26. The third-order valence-electron chi connectivity index (χ3n) is 2.91. The monoisotopic (exact) mass is 280 g/mol. The molecule has 0 unspecified atom stereocenters. The minimum Gasteiger partial charge on any atom is -0.388 e. The molecule has 0 aliphatic carbocycles. The van der Waals surface area contributed by atoms with Gasteiger partial charge < -0.3 is 15.4 Å². The van der Waals surface area contributed by atoms with Gasteiger partial charge in [0.1, 0.15) is 16.5 Å². The maximum atomic E-state index is 6.04. The van der Waals surface area contributed by atoms with Crippen molar-refractivity contribution in [3.8, 4) is 0 Å². The number of nitrogens with zero attached hydrogens (tertiary/aromatic N) is 3. The Morgan fingerprint density at radius 3 is 2.21 bits per heavy atom. The van der Waals surface area contributed by atoms with Crippen LogP contribution in [0.25, 0.3) is 0 Å². The Morgan fingerprint density at radius 2 is 1.79 bits per heavy atom. The van der Waals surface area contributed by atoms with Crippen LogP contribution in [0.1, 0.15) is 33.4 Å². The third kappa shape index (κ3) is 3.39. The molecule has 5 nitrogen and oxygen atoms in total. The zero-order chi connectivity index (χ0) is 14.3. The van der Waals surface area contributed by atoms with Crippen LogP contribution in [0.15, 0.2) is 12.4 Å². The molecule has 0 radical (unpaired) electrons. The van der Waals surface area contributed by atoms with Gasteiger partial charge in [-0.1, -0.05) is 12.2 Å². The van der Waals surface area contributed by atoms with E-state index in [4.69, 9.17) is 22.7 Å². The summed E-state index contributed by atoms with van der Waals surface area (Å²) in [5, 5.41) is 0. The average Bonchev–Trinajstić information content (AvgIpc) is 2.25. The first-order valence-corrected chi connectivity index (χ1v) is 6.66. The molecule has 0 aromatic carbocycles. The van der Waals surface area contributed by atoms with Gasteiger partial charge in [0.25, 0.3) is 0 Å². The molecule has 0 saturated carbocycles. The van der Waals surface area contributed by atoms with E-state index in [0.29, 0.717) is 5.69 Å². The summed E-state index contributed by atoms with van der Waals surface area (Å²) >= 11 is 4.88. The number of ether oxygens (including phenoxy) is 1. The van der Waals surface area contributed by atoms with Gasteiger partial charge in [0, 0.05) is 13.1 Å². The molecular formula is C13H20N4OS. The molecule has 2 N–H and O–H groups in total. The summed E-state index contributed by atoms with van der Waals surface area (Å²) in [6, 6.07) is 0. The summed E-state index contributed by atoms with van der Waals surface area (Å²) in [4.78, 5) is 11.1. The van der Waals surface area contributed by atoms with Gasteiger partial charge in [-0.3, -0.25) is 0 Å². The number of morpholine rings is 1. The highest BCUT2D eigenvalue weighted by molar-refractivity contribution is 7.80. The lowest BCUT2D eigenvalue weighted by Gasteiger charge is -2.47. The smallest absolute Gasteiger partial charge is 0.147 e. The summed E-state index contributed by atoms with van der Waals surface area (Å²) in [7, 11) is 0. The number of rotatable bonds is 2. The summed E-state index contributed by atoms with van der Waals surface area (Å²) in [5.74, 6) is 0.824. The number of hydrogen-bond acceptors (Lipinski definition) is 5. The lowest BCUT2D eigenvalue weighted by Crippen LogP contribution is -2.57. The van der Waals surface area contributed by atoms with Crippen LogP contribution >= 0.6 is 12.2 Å². The molecule has 2 heterocycles. The van der Waals surface area contributed by atoms with Crippen molar-refractivity contribution < 1.29 is 4.74 Å². The summed E-state index contributed by atoms with van der Waals surface area (Å²) < 4.78 is 6.04. The number of anilines is 1. The largest absolute Gasteiger partial charge is 0.388 e. The van der Waals surface area contributed by atoms with Gasteiger partial charge in [-0.2, -0.15) is 0 Å². The van der Waals surface area contributed by atoms with Gasteiger partial charge >= 0.3 is 0 Å². The van der Waals surface area contributed by atoms with Crippen molar-refractivity contribution >= 4 is 23.0 Å². The molecular weight excluding hydrogens is 260 g/mol. The fourth-order valence-electron chi connectivity index (χ4n) is 2.56. The van der Waals surface area contributed by atoms with Crippen LogP contribution in [0.3, 0.4) is 0 Å². The van der Waals surface area contributed by atoms with Gasteiger partial charge in [-0.05, 0) is 27.7 Å². The van der Waals surface area contributed by atoms with Gasteiger partial charge in [0.05, 0.1) is 23.6 Å². The number of nitrogens with two attached hydrogens (primary N) is 1. The number of aromatic nitrogens is 2. The lowest BCUT2D eigenvalue weighted by atomic mass is 9.99. The fraction of sp³-hybridized carbons (Fsp3) is 0.615. The highest BCUT2D eigenvalue weighted by atomic mass is 32.1. The molecule has 1 aliphatic heterocycles. The molecule has 1 saturated heterocycles. The van der Waals surface area contributed by atoms with Crippen molar-refractivity contribution in [2.24, 2.45) is 5.73 Å². The Bertz CT molecular complexity index is 468. The standard InChI is InChI=1S/C13H20N4OS/c1-12(2)7-17(8-13(3,4)18-12)10-6-15-9(5-16-10)11(14)19/h5-6H,7-8H2,1-4H3,(H2,14,19). The summed E-state index contributed by atoms with van der Waals surface area (Å²) in [6.45, 7) is 9.87. The van der Waals surface area contributed by atoms with Crippen LogP contribution in [-0.4, -0.2) is 39.2 Å². The normalized spacial score (nSPS) is 21.2. The van der Waals surface area contributed by atoms with Gasteiger partial charge in [-0.25, -0.2) is 9.97 Å². The lowest BCUT2D eigenvalue weighted by molar-refractivity contribution is -0.133. The highest BCUT2D eigenvalue weighted by Gasteiger charge is 2.38. The Kier molecular flexibility index (Phi) is 3.49. The second-order valence-electron chi connectivity index (χ2n) is 6.10. The molecule has 1 aliphatic rings. The quantitative estimate of drug-likeness (QED) is 0.828. The zero-order valence-corrected chi connectivity index (χ0v) is 12.6. The van der Waals surface area contributed by atoms with E-state index in [0.717, 1.165) is 18.9 Å². The molecule has 2 rings (SSSR count). The zero-order valence-electron chi connectivity index (χ0n) is 11.8. The maximum absolute atomic E-state index is 6.04. The topological polar surface area (TPSA) is 64.3 Å². The van der Waals surface area contributed by atoms with Crippen molar-refractivity contribution in [1.82, 2.24) is 9.97 Å². The molecule has 6 heteroatoms. The van der Waals surface area contributed by atoms with E-state index in [1.54, 1.807) is 12.4 Å². The molecule has 0 atom stereocenters. The maximum Gasteiger partial charge on any atom is 0.147 e. The van der Waals surface area contributed by atoms with E-state index in [2.05, 4.69) is 42.6 Å². The van der Waals surface area contributed by atoms with Crippen molar-refractivity contribution in [3.05, 3.63) is 18.1 Å². The molecule has 104 valence electrons. The van der Waals surface area contributed by atoms with Crippen LogP contribution < -0.4 is 10.6 Å². The van der Waals surface area contributed by atoms with Crippen LogP contribution in [0, 0.1) is 0 Å². The third-order valence-corrected chi connectivity index (χ3v) is 3.12. The molecule has 0 amide bonds. The van der Waals surface area contributed by atoms with Crippen LogP contribution in [0.4, 0.5) is 5.82 Å². The number of hydrogen-bond donors (Lipinski definition) is 1. The minimum atomic E-state index is -0.217. The highest BCUT2D eigenvalue weighted by Crippen LogP contribution is 2.30. The molecule has 1 aromatic rings. The molecule has 0 spiro atoms. The van der Waals surface area contributed by atoms with Crippen molar-refractivity contribution in [2.75, 3.05) is 18.0 Å². The van der Waals surface area contributed by atoms with E-state index in [1.165, 1.54) is 0 Å². The summed E-state index contributed by atoms with van der Waals surface area (Å²) in [6.07, 6.45) is 3.33. The first-order chi connectivity index (χ1) is 8.69. The predicted octanol–water partition coefficient (Wildman–Crippen LogP) is 1.50. The van der Waals surface area contributed by atoms with Gasteiger partial charge in [0.2, 0.25) is 0 Å². The fourth-order valence-corrected chi connectivity index (χ4v) is 2.67. The van der Waals surface area contributed by atoms with E-state index in [-0.39, 0.29) is 16.2 Å². The van der Waals surface area contributed by atoms with Crippen molar-refractivity contribution in [2.45, 2.75) is 38.9 Å². The second kappa shape index (κ2) is 4.68. The van der Waals surface area contributed by atoms with E-state index in [9.17, 15) is 0 Å². The van der Waals surface area contributed by atoms with Gasteiger partial charge in [0.15, 0.2) is 0 Å².